The highest BCUT2D eigenvalue weighted by Crippen LogP contribution is 2.31. The van der Waals surface area contributed by atoms with Gasteiger partial charge in [-0.25, -0.2) is 0 Å². The van der Waals surface area contributed by atoms with Crippen LogP contribution in [0.2, 0.25) is 5.02 Å². The SMILES string of the molecule is COc1ccccc1CN1CC(c2noc(-c3cccc(Cl)c3)n2)CC1=O. The first-order valence-corrected chi connectivity index (χ1v) is 9.01. The fourth-order valence-corrected chi connectivity index (χ4v) is 3.47. The van der Waals surface area contributed by atoms with Gasteiger partial charge in [-0.05, 0) is 24.3 Å². The lowest BCUT2D eigenvalue weighted by Gasteiger charge is -2.17. The molecule has 1 aliphatic heterocycles. The fraction of sp³-hybridized carbons (Fsp3) is 0.250. The second-order valence-corrected chi connectivity index (χ2v) is 6.89. The standard InChI is InChI=1S/C20H18ClN3O3/c1-26-17-8-3-2-5-14(17)11-24-12-15(10-18(24)25)19-22-20(27-23-19)13-6-4-7-16(21)9-13/h2-9,15H,10-12H2,1H3. The van der Waals surface area contributed by atoms with Gasteiger partial charge in [0.25, 0.3) is 5.89 Å². The molecule has 1 saturated heterocycles. The first kappa shape index (κ1) is 17.5. The van der Waals surface area contributed by atoms with Crippen LogP contribution in [0.3, 0.4) is 0 Å². The van der Waals surface area contributed by atoms with Crippen LogP contribution in [0.1, 0.15) is 23.7 Å². The maximum Gasteiger partial charge on any atom is 0.257 e. The molecule has 1 unspecified atom stereocenters. The molecule has 1 atom stereocenters. The van der Waals surface area contributed by atoms with E-state index in [-0.39, 0.29) is 11.8 Å². The second kappa shape index (κ2) is 7.40. The van der Waals surface area contributed by atoms with E-state index in [4.69, 9.17) is 20.9 Å². The molecule has 0 bridgehead atoms. The second-order valence-electron chi connectivity index (χ2n) is 6.46. The molecule has 0 saturated carbocycles. The highest BCUT2D eigenvalue weighted by molar-refractivity contribution is 6.30. The maximum absolute atomic E-state index is 12.5. The van der Waals surface area contributed by atoms with Crippen molar-refractivity contribution in [1.29, 1.82) is 0 Å². The number of halogens is 1. The van der Waals surface area contributed by atoms with Crippen LogP contribution in [-0.4, -0.2) is 34.6 Å². The van der Waals surface area contributed by atoms with E-state index in [0.717, 1.165) is 16.9 Å². The van der Waals surface area contributed by atoms with Crippen LogP contribution < -0.4 is 4.74 Å². The van der Waals surface area contributed by atoms with Gasteiger partial charge in [-0.15, -0.1) is 0 Å². The number of rotatable bonds is 5. The zero-order chi connectivity index (χ0) is 18.8. The summed E-state index contributed by atoms with van der Waals surface area (Å²) in [4.78, 5) is 18.7. The minimum absolute atomic E-state index is 0.0695. The molecular formula is C20H18ClN3O3. The number of hydrogen-bond acceptors (Lipinski definition) is 5. The Kier molecular flexibility index (Phi) is 4.81. The van der Waals surface area contributed by atoms with Crippen molar-refractivity contribution in [3.8, 4) is 17.2 Å². The zero-order valence-electron chi connectivity index (χ0n) is 14.8. The Balaban J connectivity index is 1.49. The first-order chi connectivity index (χ1) is 13.1. The van der Waals surface area contributed by atoms with Gasteiger partial charge in [-0.2, -0.15) is 4.98 Å². The summed E-state index contributed by atoms with van der Waals surface area (Å²) in [6.07, 6.45) is 0.365. The van der Waals surface area contributed by atoms with Gasteiger partial charge < -0.3 is 14.2 Å². The number of ether oxygens (including phenoxy) is 1. The molecule has 2 heterocycles. The summed E-state index contributed by atoms with van der Waals surface area (Å²) in [6.45, 7) is 1.05. The van der Waals surface area contributed by atoms with Crippen molar-refractivity contribution in [3.05, 3.63) is 64.9 Å². The van der Waals surface area contributed by atoms with Crippen molar-refractivity contribution in [2.45, 2.75) is 18.9 Å². The van der Waals surface area contributed by atoms with Crippen molar-refractivity contribution < 1.29 is 14.1 Å². The van der Waals surface area contributed by atoms with Crippen molar-refractivity contribution in [3.63, 3.8) is 0 Å². The van der Waals surface area contributed by atoms with Gasteiger partial charge in [0.1, 0.15) is 5.75 Å². The van der Waals surface area contributed by atoms with Gasteiger partial charge in [0.2, 0.25) is 5.91 Å². The predicted octanol–water partition coefficient (Wildman–Crippen LogP) is 3.91. The Morgan fingerprint density at radius 2 is 2.11 bits per heavy atom. The van der Waals surface area contributed by atoms with Crippen LogP contribution in [0.5, 0.6) is 5.75 Å². The van der Waals surface area contributed by atoms with E-state index in [1.807, 2.05) is 36.4 Å². The molecule has 7 heteroatoms. The Labute approximate surface area is 161 Å². The van der Waals surface area contributed by atoms with E-state index in [1.54, 1.807) is 24.1 Å². The van der Waals surface area contributed by atoms with E-state index >= 15 is 0 Å². The molecule has 0 radical (unpaired) electrons. The molecule has 4 rings (SSSR count). The normalized spacial score (nSPS) is 16.7. The maximum atomic E-state index is 12.5. The average molecular weight is 384 g/mol. The summed E-state index contributed by atoms with van der Waals surface area (Å²) in [6, 6.07) is 14.9. The van der Waals surface area contributed by atoms with Crippen LogP contribution >= 0.6 is 11.6 Å². The molecule has 2 aromatic carbocycles. The molecule has 1 aromatic heterocycles. The molecule has 0 spiro atoms. The summed E-state index contributed by atoms with van der Waals surface area (Å²) >= 11 is 6.02. The van der Waals surface area contributed by atoms with E-state index in [1.165, 1.54) is 0 Å². The largest absolute Gasteiger partial charge is 0.496 e. The van der Waals surface area contributed by atoms with Crippen LogP contribution in [-0.2, 0) is 11.3 Å². The number of likely N-dealkylation sites (tertiary alicyclic amines) is 1. The number of carbonyl (C=O) groups is 1. The van der Waals surface area contributed by atoms with Crippen LogP contribution in [0.4, 0.5) is 0 Å². The molecule has 1 amide bonds. The summed E-state index contributed by atoms with van der Waals surface area (Å²) in [5.41, 5.74) is 1.73. The molecule has 3 aromatic rings. The number of aromatic nitrogens is 2. The van der Waals surface area contributed by atoms with E-state index in [2.05, 4.69) is 10.1 Å². The third-order valence-corrected chi connectivity index (χ3v) is 4.88. The van der Waals surface area contributed by atoms with Crippen molar-refractivity contribution in [1.82, 2.24) is 15.0 Å². The monoisotopic (exact) mass is 383 g/mol. The smallest absolute Gasteiger partial charge is 0.257 e. The number of amides is 1. The summed E-state index contributed by atoms with van der Waals surface area (Å²) in [5.74, 6) is 1.70. The Hall–Kier alpha value is -2.86. The van der Waals surface area contributed by atoms with Crippen molar-refractivity contribution >= 4 is 17.5 Å². The zero-order valence-corrected chi connectivity index (χ0v) is 15.5. The number of methoxy groups -OCH3 is 1. The number of carbonyl (C=O) groups excluding carboxylic acids is 1. The molecule has 1 fully saturated rings. The highest BCUT2D eigenvalue weighted by atomic mass is 35.5. The average Bonchev–Trinajstić information content (AvgIpc) is 3.30. The molecule has 27 heavy (non-hydrogen) atoms. The number of benzene rings is 2. The molecular weight excluding hydrogens is 366 g/mol. The van der Waals surface area contributed by atoms with Crippen LogP contribution in [0.25, 0.3) is 11.5 Å². The van der Waals surface area contributed by atoms with Gasteiger partial charge >= 0.3 is 0 Å². The lowest BCUT2D eigenvalue weighted by Crippen LogP contribution is -2.24. The molecule has 1 aliphatic rings. The Bertz CT molecular complexity index is 972. The van der Waals surface area contributed by atoms with Gasteiger partial charge in [-0.3, -0.25) is 4.79 Å². The summed E-state index contributed by atoms with van der Waals surface area (Å²) in [5, 5.41) is 4.68. The van der Waals surface area contributed by atoms with Gasteiger partial charge in [0.05, 0.1) is 7.11 Å². The fourth-order valence-electron chi connectivity index (χ4n) is 3.28. The molecule has 6 nitrogen and oxygen atoms in total. The highest BCUT2D eigenvalue weighted by Gasteiger charge is 2.34. The van der Waals surface area contributed by atoms with E-state index in [9.17, 15) is 4.79 Å². The van der Waals surface area contributed by atoms with Gasteiger partial charge in [0.15, 0.2) is 5.82 Å². The number of hydrogen-bond donors (Lipinski definition) is 0. The summed E-state index contributed by atoms with van der Waals surface area (Å²) < 4.78 is 10.7. The minimum Gasteiger partial charge on any atom is -0.496 e. The molecule has 0 aliphatic carbocycles. The van der Waals surface area contributed by atoms with Crippen molar-refractivity contribution in [2.24, 2.45) is 0 Å². The Morgan fingerprint density at radius 1 is 1.26 bits per heavy atom. The topological polar surface area (TPSA) is 68.5 Å². The van der Waals surface area contributed by atoms with Crippen LogP contribution in [0.15, 0.2) is 53.1 Å². The minimum atomic E-state index is -0.0936. The number of nitrogens with zero attached hydrogens (tertiary/aromatic N) is 3. The molecule has 138 valence electrons. The quantitative estimate of drug-likeness (QED) is 0.668. The van der Waals surface area contributed by atoms with E-state index < -0.39 is 0 Å². The van der Waals surface area contributed by atoms with Gasteiger partial charge in [-0.1, -0.05) is 41.0 Å². The molecule has 0 N–H and O–H groups in total. The first-order valence-electron chi connectivity index (χ1n) is 8.63. The third-order valence-electron chi connectivity index (χ3n) is 4.65. The summed E-state index contributed by atoms with van der Waals surface area (Å²) in [7, 11) is 1.63. The van der Waals surface area contributed by atoms with Crippen LogP contribution in [0, 0.1) is 0 Å². The van der Waals surface area contributed by atoms with Crippen molar-refractivity contribution in [2.75, 3.05) is 13.7 Å². The Morgan fingerprint density at radius 3 is 2.93 bits per heavy atom. The van der Waals surface area contributed by atoms with E-state index in [0.29, 0.717) is 36.2 Å². The predicted molar refractivity (Wildman–Crippen MR) is 101 cm³/mol. The third kappa shape index (κ3) is 3.66. The lowest BCUT2D eigenvalue weighted by molar-refractivity contribution is -0.128. The van der Waals surface area contributed by atoms with Gasteiger partial charge in [0, 0.05) is 41.6 Å². The number of para-hydroxylation sites is 1. The lowest BCUT2D eigenvalue weighted by atomic mass is 10.1.